The quantitative estimate of drug-likeness (QED) is 0.390. The predicted molar refractivity (Wildman–Crippen MR) is 127 cm³/mol. The molecule has 0 radical (unpaired) electrons. The van der Waals surface area contributed by atoms with Crippen LogP contribution in [-0.4, -0.2) is 18.0 Å². The normalized spacial score (nSPS) is 10.9. The van der Waals surface area contributed by atoms with Gasteiger partial charge in [0.15, 0.2) is 0 Å². The van der Waals surface area contributed by atoms with E-state index in [0.717, 1.165) is 38.9 Å². The SMILES string of the molecule is COc1cccc(NC(=O)c2c(C)c(-c3ccc(Cl)cc3)nc3c(C)cc(C)cc23)c1. The van der Waals surface area contributed by atoms with E-state index in [-0.39, 0.29) is 5.91 Å². The summed E-state index contributed by atoms with van der Waals surface area (Å²) in [6.07, 6.45) is 0. The third-order valence-corrected chi connectivity index (χ3v) is 5.59. The van der Waals surface area contributed by atoms with Crippen molar-refractivity contribution in [1.82, 2.24) is 4.98 Å². The zero-order valence-electron chi connectivity index (χ0n) is 17.9. The molecule has 4 rings (SSSR count). The van der Waals surface area contributed by atoms with E-state index in [2.05, 4.69) is 11.4 Å². The van der Waals surface area contributed by atoms with Crippen LogP contribution in [0.25, 0.3) is 22.2 Å². The minimum absolute atomic E-state index is 0.182. The number of ether oxygens (including phenoxy) is 1. The molecule has 0 atom stereocenters. The van der Waals surface area contributed by atoms with Gasteiger partial charge in [0.05, 0.1) is 23.9 Å². The number of nitrogens with zero attached hydrogens (tertiary/aromatic N) is 1. The molecule has 4 nitrogen and oxygen atoms in total. The topological polar surface area (TPSA) is 51.2 Å². The van der Waals surface area contributed by atoms with E-state index in [9.17, 15) is 4.79 Å². The highest BCUT2D eigenvalue weighted by Gasteiger charge is 2.20. The summed E-state index contributed by atoms with van der Waals surface area (Å²) in [6, 6.07) is 19.0. The number of amides is 1. The van der Waals surface area contributed by atoms with Gasteiger partial charge in [-0.05, 0) is 62.2 Å². The van der Waals surface area contributed by atoms with Gasteiger partial charge in [0.25, 0.3) is 5.91 Å². The number of halogens is 1. The van der Waals surface area contributed by atoms with E-state index in [1.165, 1.54) is 0 Å². The van der Waals surface area contributed by atoms with Gasteiger partial charge in [-0.3, -0.25) is 4.79 Å². The molecule has 0 bridgehead atoms. The van der Waals surface area contributed by atoms with Gasteiger partial charge < -0.3 is 10.1 Å². The number of aromatic nitrogens is 1. The fourth-order valence-electron chi connectivity index (χ4n) is 3.89. The smallest absolute Gasteiger partial charge is 0.256 e. The second kappa shape index (κ2) is 8.40. The van der Waals surface area contributed by atoms with Crippen LogP contribution in [0.1, 0.15) is 27.0 Å². The van der Waals surface area contributed by atoms with Gasteiger partial charge in [-0.1, -0.05) is 41.4 Å². The van der Waals surface area contributed by atoms with Crippen LogP contribution in [0.4, 0.5) is 5.69 Å². The summed E-state index contributed by atoms with van der Waals surface area (Å²) in [4.78, 5) is 18.5. The molecule has 1 heterocycles. The average Bonchev–Trinajstić information content (AvgIpc) is 2.74. The fourth-order valence-corrected chi connectivity index (χ4v) is 4.02. The molecule has 1 aromatic heterocycles. The Morgan fingerprint density at radius 2 is 1.74 bits per heavy atom. The second-order valence-electron chi connectivity index (χ2n) is 7.63. The Bertz CT molecular complexity index is 1300. The standard InChI is InChI=1S/C26H23ClN2O2/c1-15-12-16(2)24-22(13-15)23(26(30)28-20-6-5-7-21(14-20)31-4)17(3)25(29-24)18-8-10-19(27)11-9-18/h5-14H,1-4H3,(H,28,30). The van der Waals surface area contributed by atoms with Gasteiger partial charge in [0, 0.05) is 27.7 Å². The van der Waals surface area contributed by atoms with Crippen molar-refractivity contribution in [3.05, 3.63) is 87.9 Å². The maximum atomic E-state index is 13.5. The molecule has 0 fully saturated rings. The molecule has 0 spiro atoms. The first-order valence-electron chi connectivity index (χ1n) is 10.0. The maximum Gasteiger partial charge on any atom is 0.256 e. The van der Waals surface area contributed by atoms with Crippen LogP contribution >= 0.6 is 11.6 Å². The first-order chi connectivity index (χ1) is 14.9. The fraction of sp³-hybridized carbons (Fsp3) is 0.154. The van der Waals surface area contributed by atoms with Crippen molar-refractivity contribution >= 4 is 34.1 Å². The largest absolute Gasteiger partial charge is 0.497 e. The lowest BCUT2D eigenvalue weighted by atomic mass is 9.94. The Morgan fingerprint density at radius 1 is 1.00 bits per heavy atom. The summed E-state index contributed by atoms with van der Waals surface area (Å²) in [7, 11) is 1.60. The summed E-state index contributed by atoms with van der Waals surface area (Å²) >= 11 is 6.08. The van der Waals surface area contributed by atoms with Gasteiger partial charge in [-0.2, -0.15) is 0 Å². The summed E-state index contributed by atoms with van der Waals surface area (Å²) in [5.41, 5.74) is 6.72. The molecule has 31 heavy (non-hydrogen) atoms. The number of nitrogens with one attached hydrogen (secondary N) is 1. The number of hydrogen-bond donors (Lipinski definition) is 1. The highest BCUT2D eigenvalue weighted by atomic mass is 35.5. The number of fused-ring (bicyclic) bond motifs is 1. The third-order valence-electron chi connectivity index (χ3n) is 5.34. The minimum atomic E-state index is -0.182. The molecule has 1 N–H and O–H groups in total. The third kappa shape index (κ3) is 4.12. The van der Waals surface area contributed by atoms with Gasteiger partial charge in [0.2, 0.25) is 0 Å². The first-order valence-corrected chi connectivity index (χ1v) is 10.4. The highest BCUT2D eigenvalue weighted by molar-refractivity contribution is 6.30. The molecule has 156 valence electrons. The number of rotatable bonds is 4. The lowest BCUT2D eigenvalue weighted by molar-refractivity contribution is 0.102. The van der Waals surface area contributed by atoms with E-state index in [0.29, 0.717) is 22.0 Å². The average molecular weight is 431 g/mol. The van der Waals surface area contributed by atoms with Gasteiger partial charge in [0.1, 0.15) is 5.75 Å². The number of carbonyl (C=O) groups excluding carboxylic acids is 1. The number of methoxy groups -OCH3 is 1. The zero-order valence-corrected chi connectivity index (χ0v) is 18.7. The molecular weight excluding hydrogens is 408 g/mol. The maximum absolute atomic E-state index is 13.5. The molecule has 0 aliphatic carbocycles. The lowest BCUT2D eigenvalue weighted by Gasteiger charge is -2.17. The van der Waals surface area contributed by atoms with E-state index in [1.54, 1.807) is 13.2 Å². The summed E-state index contributed by atoms with van der Waals surface area (Å²) in [5, 5.41) is 4.52. The Kier molecular flexibility index (Phi) is 5.66. The second-order valence-corrected chi connectivity index (χ2v) is 8.07. The Labute approximate surface area is 186 Å². The van der Waals surface area contributed by atoms with Crippen LogP contribution < -0.4 is 10.1 Å². The van der Waals surface area contributed by atoms with Crippen LogP contribution in [0, 0.1) is 20.8 Å². The number of pyridine rings is 1. The van der Waals surface area contributed by atoms with E-state index in [4.69, 9.17) is 21.3 Å². The molecule has 0 saturated heterocycles. The van der Waals surface area contributed by atoms with Crippen LogP contribution in [0.15, 0.2) is 60.7 Å². The molecule has 5 heteroatoms. The van der Waals surface area contributed by atoms with Crippen molar-refractivity contribution in [3.8, 4) is 17.0 Å². The molecular formula is C26H23ClN2O2. The highest BCUT2D eigenvalue weighted by Crippen LogP contribution is 2.33. The molecule has 0 aliphatic heterocycles. The van der Waals surface area contributed by atoms with Gasteiger partial charge in [-0.25, -0.2) is 4.98 Å². The molecule has 1 amide bonds. The molecule has 0 unspecified atom stereocenters. The summed E-state index contributed by atoms with van der Waals surface area (Å²) in [6.45, 7) is 5.99. The van der Waals surface area contributed by atoms with Crippen molar-refractivity contribution in [2.24, 2.45) is 0 Å². The van der Waals surface area contributed by atoms with E-state index in [1.807, 2.05) is 69.3 Å². The predicted octanol–water partition coefficient (Wildman–Crippen LogP) is 6.74. The minimum Gasteiger partial charge on any atom is -0.497 e. The molecule has 0 saturated carbocycles. The summed E-state index contributed by atoms with van der Waals surface area (Å²) < 4.78 is 5.28. The van der Waals surface area contributed by atoms with Crippen molar-refractivity contribution < 1.29 is 9.53 Å². The Hall–Kier alpha value is -3.37. The number of anilines is 1. The summed E-state index contributed by atoms with van der Waals surface area (Å²) in [5.74, 6) is 0.501. The van der Waals surface area contributed by atoms with Gasteiger partial charge >= 0.3 is 0 Å². The van der Waals surface area contributed by atoms with Crippen molar-refractivity contribution in [2.75, 3.05) is 12.4 Å². The number of aryl methyl sites for hydroxylation is 2. The van der Waals surface area contributed by atoms with Crippen LogP contribution in [0.5, 0.6) is 5.75 Å². The lowest BCUT2D eigenvalue weighted by Crippen LogP contribution is -2.15. The van der Waals surface area contributed by atoms with E-state index >= 15 is 0 Å². The van der Waals surface area contributed by atoms with Crippen molar-refractivity contribution in [1.29, 1.82) is 0 Å². The van der Waals surface area contributed by atoms with Crippen LogP contribution in [0.2, 0.25) is 5.02 Å². The Balaban J connectivity index is 1.92. The van der Waals surface area contributed by atoms with Crippen LogP contribution in [0.3, 0.4) is 0 Å². The van der Waals surface area contributed by atoms with Crippen molar-refractivity contribution in [3.63, 3.8) is 0 Å². The molecule has 3 aromatic carbocycles. The molecule has 4 aromatic rings. The monoisotopic (exact) mass is 430 g/mol. The molecule has 0 aliphatic rings. The first kappa shape index (κ1) is 20.9. The van der Waals surface area contributed by atoms with Crippen molar-refractivity contribution in [2.45, 2.75) is 20.8 Å². The number of benzene rings is 3. The van der Waals surface area contributed by atoms with Gasteiger partial charge in [-0.15, -0.1) is 0 Å². The number of hydrogen-bond acceptors (Lipinski definition) is 3. The van der Waals surface area contributed by atoms with Crippen LogP contribution in [-0.2, 0) is 0 Å². The zero-order chi connectivity index (χ0) is 22.1. The van der Waals surface area contributed by atoms with E-state index < -0.39 is 0 Å². The number of carbonyl (C=O) groups is 1. The Morgan fingerprint density at radius 3 is 2.45 bits per heavy atom.